The van der Waals surface area contributed by atoms with E-state index in [1.807, 2.05) is 0 Å². The van der Waals surface area contributed by atoms with Crippen molar-refractivity contribution in [3.8, 4) is 5.88 Å². The van der Waals surface area contributed by atoms with Crippen molar-refractivity contribution >= 4 is 12.0 Å². The van der Waals surface area contributed by atoms with Crippen LogP contribution in [0.4, 0.5) is 18.9 Å². The van der Waals surface area contributed by atoms with Gasteiger partial charge in [-0.25, -0.2) is 4.98 Å². The van der Waals surface area contributed by atoms with Gasteiger partial charge in [0.2, 0.25) is 5.88 Å². The first-order chi connectivity index (χ1) is 7.39. The molecule has 8 heteroatoms. The lowest BCUT2D eigenvalue weighted by Gasteiger charge is -2.12. The summed E-state index contributed by atoms with van der Waals surface area (Å²) in [6, 6.07) is 0. The maximum absolute atomic E-state index is 11.9. The van der Waals surface area contributed by atoms with Gasteiger partial charge in [-0.15, -0.1) is 13.2 Å². The molecule has 0 atom stereocenters. The van der Waals surface area contributed by atoms with E-state index in [0.29, 0.717) is 6.29 Å². The summed E-state index contributed by atoms with van der Waals surface area (Å²) < 4.78 is 39.3. The van der Waals surface area contributed by atoms with Gasteiger partial charge in [0.15, 0.2) is 6.29 Å². The van der Waals surface area contributed by atoms with Gasteiger partial charge in [0, 0.05) is 18.3 Å². The van der Waals surface area contributed by atoms with Crippen molar-refractivity contribution in [2.45, 2.75) is 12.9 Å². The molecule has 0 aliphatic heterocycles. The smallest absolute Gasteiger partial charge is 0.394 e. The predicted octanol–water partition coefficient (Wildman–Crippen LogP) is 0.834. The molecule has 0 amide bonds. The number of ether oxygens (including phenoxy) is 1. The summed E-state index contributed by atoms with van der Waals surface area (Å²) >= 11 is 0. The van der Waals surface area contributed by atoms with Crippen LogP contribution in [0, 0.1) is 0 Å². The highest BCUT2D eigenvalue weighted by molar-refractivity contribution is 5.87. The van der Waals surface area contributed by atoms with Gasteiger partial charge in [0.25, 0.3) is 0 Å². The molecule has 0 aromatic carbocycles. The molecule has 0 saturated carbocycles. The fourth-order valence-corrected chi connectivity index (χ4v) is 1.06. The van der Waals surface area contributed by atoms with Gasteiger partial charge in [-0.2, -0.15) is 0 Å². The van der Waals surface area contributed by atoms with Crippen molar-refractivity contribution in [1.82, 2.24) is 4.98 Å². The highest BCUT2D eigenvalue weighted by atomic mass is 19.4. The fourth-order valence-electron chi connectivity index (χ4n) is 1.06. The minimum Gasteiger partial charge on any atom is -0.394 e. The molecule has 88 valence electrons. The molecule has 0 bridgehead atoms. The largest absolute Gasteiger partial charge is 0.574 e. The van der Waals surface area contributed by atoms with Crippen molar-refractivity contribution in [2.24, 2.45) is 5.73 Å². The third-order valence-corrected chi connectivity index (χ3v) is 1.75. The molecule has 1 rings (SSSR count). The molecule has 0 radical (unpaired) electrons. The number of halogens is 3. The van der Waals surface area contributed by atoms with Gasteiger partial charge >= 0.3 is 6.36 Å². The van der Waals surface area contributed by atoms with Crippen molar-refractivity contribution in [3.05, 3.63) is 17.3 Å². The minimum atomic E-state index is -4.91. The zero-order chi connectivity index (χ0) is 12.3. The lowest BCUT2D eigenvalue weighted by molar-refractivity contribution is -0.275. The van der Waals surface area contributed by atoms with Crippen LogP contribution in [0.1, 0.15) is 15.9 Å². The second kappa shape index (κ2) is 4.35. The van der Waals surface area contributed by atoms with Crippen LogP contribution >= 0.6 is 0 Å². The number of aromatic nitrogens is 1. The van der Waals surface area contributed by atoms with Gasteiger partial charge in [-0.3, -0.25) is 4.79 Å². The molecule has 5 nitrogen and oxygen atoms in total. The van der Waals surface area contributed by atoms with E-state index in [2.05, 4.69) is 9.72 Å². The van der Waals surface area contributed by atoms with Crippen LogP contribution < -0.4 is 16.2 Å². The maximum atomic E-state index is 11.9. The molecule has 0 aliphatic carbocycles. The highest BCUT2D eigenvalue weighted by Gasteiger charge is 2.33. The molecule has 0 fully saturated rings. The van der Waals surface area contributed by atoms with E-state index in [9.17, 15) is 18.0 Å². The third kappa shape index (κ3) is 2.60. The van der Waals surface area contributed by atoms with Crippen molar-refractivity contribution in [3.63, 3.8) is 0 Å². The number of nitrogens with zero attached hydrogens (tertiary/aromatic N) is 1. The van der Waals surface area contributed by atoms with Crippen LogP contribution in [0.5, 0.6) is 5.88 Å². The molecule has 0 unspecified atom stereocenters. The van der Waals surface area contributed by atoms with Crippen LogP contribution in [0.2, 0.25) is 0 Å². The number of pyridine rings is 1. The van der Waals surface area contributed by atoms with Crippen LogP contribution in [0.3, 0.4) is 0 Å². The minimum absolute atomic E-state index is 0.0580. The number of anilines is 1. The average Bonchev–Trinajstić information content (AvgIpc) is 2.19. The van der Waals surface area contributed by atoms with E-state index in [0.717, 1.165) is 6.20 Å². The average molecular weight is 235 g/mol. The number of hydrogen-bond acceptors (Lipinski definition) is 5. The summed E-state index contributed by atoms with van der Waals surface area (Å²) in [5, 5.41) is 0. The summed E-state index contributed by atoms with van der Waals surface area (Å²) in [5.41, 5.74) is 10.2. The Morgan fingerprint density at radius 3 is 2.56 bits per heavy atom. The standard InChI is InChI=1S/C8H8F3N3O2/c9-8(10,11)16-7-6(13)5(3-15)4(1-12)2-14-7/h2-3H,1,12-13H2. The van der Waals surface area contributed by atoms with E-state index in [-0.39, 0.29) is 17.7 Å². The van der Waals surface area contributed by atoms with Crippen molar-refractivity contribution in [1.29, 1.82) is 0 Å². The normalized spacial score (nSPS) is 11.2. The SMILES string of the molecule is NCc1cnc(OC(F)(F)F)c(N)c1C=O. The lowest BCUT2D eigenvalue weighted by atomic mass is 10.1. The van der Waals surface area contributed by atoms with Crippen LogP contribution in [0.15, 0.2) is 6.20 Å². The number of nitrogen functional groups attached to an aromatic ring is 1. The highest BCUT2D eigenvalue weighted by Crippen LogP contribution is 2.29. The molecule has 0 aliphatic rings. The number of hydrogen-bond donors (Lipinski definition) is 2. The second-order valence-electron chi connectivity index (χ2n) is 2.79. The fraction of sp³-hybridized carbons (Fsp3) is 0.250. The molecule has 1 aromatic rings. The first kappa shape index (κ1) is 12.2. The Labute approximate surface area is 88.2 Å². The van der Waals surface area contributed by atoms with Crippen molar-refractivity contribution < 1.29 is 22.7 Å². The number of carbonyl (C=O) groups is 1. The third-order valence-electron chi connectivity index (χ3n) is 1.75. The molecular formula is C8H8F3N3O2. The predicted molar refractivity (Wildman–Crippen MR) is 48.6 cm³/mol. The molecule has 4 N–H and O–H groups in total. The Balaban J connectivity index is 3.19. The quantitative estimate of drug-likeness (QED) is 0.757. The second-order valence-corrected chi connectivity index (χ2v) is 2.79. The summed E-state index contributed by atoms with van der Waals surface area (Å²) in [6.45, 7) is -0.0580. The van der Waals surface area contributed by atoms with Crippen LogP contribution in [-0.4, -0.2) is 17.6 Å². The molecule has 0 saturated heterocycles. The molecule has 1 heterocycles. The molecular weight excluding hydrogens is 227 g/mol. The zero-order valence-electron chi connectivity index (χ0n) is 7.91. The Kier molecular flexibility index (Phi) is 3.33. The van der Waals surface area contributed by atoms with Crippen LogP contribution in [0.25, 0.3) is 0 Å². The van der Waals surface area contributed by atoms with Gasteiger partial charge in [-0.1, -0.05) is 0 Å². The number of aldehydes is 1. The Morgan fingerprint density at radius 2 is 2.12 bits per heavy atom. The van der Waals surface area contributed by atoms with E-state index in [1.165, 1.54) is 0 Å². The number of rotatable bonds is 3. The van der Waals surface area contributed by atoms with E-state index >= 15 is 0 Å². The van der Waals surface area contributed by atoms with Gasteiger partial charge in [0.1, 0.15) is 5.69 Å². The maximum Gasteiger partial charge on any atom is 0.574 e. The molecule has 0 spiro atoms. The van der Waals surface area contributed by atoms with Gasteiger partial charge in [-0.05, 0) is 5.56 Å². The molecule has 16 heavy (non-hydrogen) atoms. The lowest BCUT2D eigenvalue weighted by Crippen LogP contribution is -2.20. The number of alkyl halides is 3. The Hall–Kier alpha value is -1.83. The van der Waals surface area contributed by atoms with E-state index < -0.39 is 17.9 Å². The summed E-state index contributed by atoms with van der Waals surface area (Å²) in [6.07, 6.45) is -3.59. The van der Waals surface area contributed by atoms with Gasteiger partial charge < -0.3 is 16.2 Å². The summed E-state index contributed by atoms with van der Waals surface area (Å²) in [4.78, 5) is 14.0. The first-order valence-electron chi connectivity index (χ1n) is 4.07. The van der Waals surface area contributed by atoms with Crippen molar-refractivity contribution in [2.75, 3.05) is 5.73 Å². The van der Waals surface area contributed by atoms with E-state index in [1.54, 1.807) is 0 Å². The monoisotopic (exact) mass is 235 g/mol. The number of carbonyl (C=O) groups excluding carboxylic acids is 1. The topological polar surface area (TPSA) is 91.2 Å². The summed E-state index contributed by atoms with van der Waals surface area (Å²) in [5.74, 6) is -0.855. The zero-order valence-corrected chi connectivity index (χ0v) is 7.91. The Bertz CT molecular complexity index is 406. The first-order valence-corrected chi connectivity index (χ1v) is 4.07. The summed E-state index contributed by atoms with van der Waals surface area (Å²) in [7, 11) is 0. The number of nitrogens with two attached hydrogens (primary N) is 2. The van der Waals surface area contributed by atoms with E-state index in [4.69, 9.17) is 11.5 Å². The Morgan fingerprint density at radius 1 is 1.50 bits per heavy atom. The van der Waals surface area contributed by atoms with Crippen LogP contribution in [-0.2, 0) is 6.54 Å². The molecule has 1 aromatic heterocycles. The van der Waals surface area contributed by atoms with Gasteiger partial charge in [0.05, 0.1) is 0 Å².